The number of nitrogens with one attached hydrogen (secondary N) is 1. The Morgan fingerprint density at radius 1 is 1.06 bits per heavy atom. The van der Waals surface area contributed by atoms with Gasteiger partial charge in [-0.05, 0) is 42.3 Å². The van der Waals surface area contributed by atoms with E-state index in [1.54, 1.807) is 30.5 Å². The van der Waals surface area contributed by atoms with Crippen molar-refractivity contribution >= 4 is 28.8 Å². The van der Waals surface area contributed by atoms with E-state index in [1.807, 2.05) is 30.3 Å². The molecule has 8 heteroatoms. The molecule has 2 amide bonds. The number of ether oxygens (including phenoxy) is 3. The molecule has 3 aromatic rings. The molecule has 0 atom stereocenters. The Morgan fingerprint density at radius 3 is 2.72 bits per heavy atom. The van der Waals surface area contributed by atoms with E-state index in [2.05, 4.69) is 10.3 Å². The van der Waals surface area contributed by atoms with Crippen LogP contribution in [0, 0.1) is 0 Å². The Balaban J connectivity index is 1.44. The van der Waals surface area contributed by atoms with Gasteiger partial charge in [0.2, 0.25) is 5.91 Å². The van der Waals surface area contributed by atoms with Gasteiger partial charge in [-0.3, -0.25) is 14.6 Å². The van der Waals surface area contributed by atoms with Crippen LogP contribution in [0.1, 0.15) is 12.0 Å². The van der Waals surface area contributed by atoms with Gasteiger partial charge >= 0.3 is 0 Å². The van der Waals surface area contributed by atoms with Gasteiger partial charge < -0.3 is 25.3 Å². The lowest BCUT2D eigenvalue weighted by Crippen LogP contribution is -2.23. The molecule has 0 aliphatic rings. The molecule has 0 unspecified atom stereocenters. The second kappa shape index (κ2) is 11.4. The molecule has 2 aromatic carbocycles. The smallest absolute Gasteiger partial charge is 0.255 e. The molecule has 0 fully saturated rings. The van der Waals surface area contributed by atoms with Gasteiger partial charge in [-0.2, -0.15) is 0 Å². The topological polar surface area (TPSA) is 113 Å². The summed E-state index contributed by atoms with van der Waals surface area (Å²) in [4.78, 5) is 27.3. The molecular weight excluding hydrogens is 410 g/mol. The average molecular weight is 435 g/mol. The molecule has 3 N–H and O–H groups in total. The van der Waals surface area contributed by atoms with Crippen molar-refractivity contribution in [1.29, 1.82) is 0 Å². The minimum atomic E-state index is -0.577. The summed E-state index contributed by atoms with van der Waals surface area (Å²) in [6.45, 7) is 0.697. The lowest BCUT2D eigenvalue weighted by Gasteiger charge is -2.10. The highest BCUT2D eigenvalue weighted by atomic mass is 16.5. The first-order valence-electron chi connectivity index (χ1n) is 10.1. The zero-order valence-corrected chi connectivity index (χ0v) is 17.7. The van der Waals surface area contributed by atoms with Crippen molar-refractivity contribution in [3.63, 3.8) is 0 Å². The van der Waals surface area contributed by atoms with Gasteiger partial charge in [-0.25, -0.2) is 0 Å². The zero-order chi connectivity index (χ0) is 22.8. The summed E-state index contributed by atoms with van der Waals surface area (Å²) in [7, 11) is 1.49. The van der Waals surface area contributed by atoms with Crippen LogP contribution in [0.2, 0.25) is 0 Å². The molecule has 1 heterocycles. The van der Waals surface area contributed by atoms with Crippen LogP contribution in [0.5, 0.6) is 17.2 Å². The highest BCUT2D eigenvalue weighted by Gasteiger charge is 2.07. The monoisotopic (exact) mass is 435 g/mol. The highest BCUT2D eigenvalue weighted by Crippen LogP contribution is 2.28. The predicted molar refractivity (Wildman–Crippen MR) is 122 cm³/mol. The summed E-state index contributed by atoms with van der Waals surface area (Å²) in [5.41, 5.74) is 6.65. The van der Waals surface area contributed by atoms with E-state index < -0.39 is 5.91 Å². The molecule has 8 nitrogen and oxygen atoms in total. The number of amides is 2. The Hall–Kier alpha value is -4.07. The molecule has 0 aliphatic carbocycles. The van der Waals surface area contributed by atoms with Crippen LogP contribution in [0.3, 0.4) is 0 Å². The van der Waals surface area contributed by atoms with Crippen molar-refractivity contribution in [2.75, 3.05) is 26.9 Å². The number of carbonyl (C=O) groups is 2. The molecule has 0 saturated carbocycles. The van der Waals surface area contributed by atoms with E-state index in [9.17, 15) is 9.59 Å². The van der Waals surface area contributed by atoms with E-state index in [0.29, 0.717) is 31.1 Å². The molecule has 1 aromatic heterocycles. The Kier molecular flexibility index (Phi) is 8.02. The summed E-state index contributed by atoms with van der Waals surface area (Å²) in [5.74, 6) is 0.770. The number of nitrogens with zero attached hydrogens (tertiary/aromatic N) is 1. The first-order chi connectivity index (χ1) is 15.6. The SMILES string of the molecule is COc1cc(/C=C/C(=O)NCCCOc2cccc3cccnc23)ccc1OCC(N)=O. The normalized spacial score (nSPS) is 10.8. The summed E-state index contributed by atoms with van der Waals surface area (Å²) in [6, 6.07) is 14.8. The van der Waals surface area contributed by atoms with Crippen molar-refractivity contribution < 1.29 is 23.8 Å². The van der Waals surface area contributed by atoms with Gasteiger partial charge in [0.05, 0.1) is 13.7 Å². The van der Waals surface area contributed by atoms with Crippen LogP contribution in [0.25, 0.3) is 17.0 Å². The summed E-state index contributed by atoms with van der Waals surface area (Å²) in [6.07, 6.45) is 5.49. The zero-order valence-electron chi connectivity index (χ0n) is 17.7. The van der Waals surface area contributed by atoms with Crippen LogP contribution in [0.4, 0.5) is 0 Å². The number of aromatic nitrogens is 1. The van der Waals surface area contributed by atoms with Gasteiger partial charge in [0.1, 0.15) is 11.3 Å². The fourth-order valence-electron chi connectivity index (χ4n) is 2.95. The molecule has 3 rings (SSSR count). The van der Waals surface area contributed by atoms with Gasteiger partial charge in [-0.15, -0.1) is 0 Å². The van der Waals surface area contributed by atoms with Crippen LogP contribution in [0.15, 0.2) is 60.8 Å². The number of methoxy groups -OCH3 is 1. The van der Waals surface area contributed by atoms with E-state index >= 15 is 0 Å². The molecule has 32 heavy (non-hydrogen) atoms. The van der Waals surface area contributed by atoms with Crippen molar-refractivity contribution in [1.82, 2.24) is 10.3 Å². The Labute approximate surface area is 186 Å². The number of benzene rings is 2. The van der Waals surface area contributed by atoms with E-state index in [4.69, 9.17) is 19.9 Å². The molecular formula is C24H25N3O5. The minimum Gasteiger partial charge on any atom is -0.493 e. The van der Waals surface area contributed by atoms with Crippen molar-refractivity contribution in [2.45, 2.75) is 6.42 Å². The average Bonchev–Trinajstić information content (AvgIpc) is 2.81. The van der Waals surface area contributed by atoms with Crippen molar-refractivity contribution in [3.8, 4) is 17.2 Å². The first kappa shape index (κ1) is 22.6. The fraction of sp³-hybridized carbons (Fsp3) is 0.208. The van der Waals surface area contributed by atoms with Crippen LogP contribution in [-0.2, 0) is 9.59 Å². The molecule has 0 bridgehead atoms. The summed E-state index contributed by atoms with van der Waals surface area (Å²) < 4.78 is 16.3. The van der Waals surface area contributed by atoms with Gasteiger partial charge in [-0.1, -0.05) is 24.3 Å². The number of hydrogen-bond acceptors (Lipinski definition) is 6. The number of rotatable bonds is 11. The number of carbonyl (C=O) groups excluding carboxylic acids is 2. The third-order valence-electron chi connectivity index (χ3n) is 4.46. The molecule has 0 saturated heterocycles. The highest BCUT2D eigenvalue weighted by molar-refractivity contribution is 5.91. The lowest BCUT2D eigenvalue weighted by atomic mass is 10.2. The third-order valence-corrected chi connectivity index (χ3v) is 4.46. The van der Waals surface area contributed by atoms with Gasteiger partial charge in [0.25, 0.3) is 5.91 Å². The largest absolute Gasteiger partial charge is 0.493 e. The number of fused-ring (bicyclic) bond motifs is 1. The molecule has 0 radical (unpaired) electrons. The first-order valence-corrected chi connectivity index (χ1v) is 10.1. The summed E-state index contributed by atoms with van der Waals surface area (Å²) in [5, 5.41) is 3.84. The molecule has 0 spiro atoms. The number of pyridine rings is 1. The van der Waals surface area contributed by atoms with Gasteiger partial charge in [0, 0.05) is 24.2 Å². The predicted octanol–water partition coefficient (Wildman–Crippen LogP) is 2.71. The number of nitrogens with two attached hydrogens (primary N) is 1. The summed E-state index contributed by atoms with van der Waals surface area (Å²) >= 11 is 0. The Morgan fingerprint density at radius 2 is 1.91 bits per heavy atom. The number of para-hydroxylation sites is 1. The molecule has 166 valence electrons. The third kappa shape index (κ3) is 6.46. The van der Waals surface area contributed by atoms with Gasteiger partial charge in [0.15, 0.2) is 18.1 Å². The van der Waals surface area contributed by atoms with E-state index in [-0.39, 0.29) is 12.5 Å². The van der Waals surface area contributed by atoms with Crippen molar-refractivity contribution in [3.05, 3.63) is 66.4 Å². The fourth-order valence-corrected chi connectivity index (χ4v) is 2.95. The minimum absolute atomic E-state index is 0.218. The van der Waals surface area contributed by atoms with E-state index in [1.165, 1.54) is 13.2 Å². The number of hydrogen-bond donors (Lipinski definition) is 2. The maximum absolute atomic E-state index is 12.1. The quantitative estimate of drug-likeness (QED) is 0.354. The lowest BCUT2D eigenvalue weighted by molar-refractivity contribution is -0.120. The molecule has 0 aliphatic heterocycles. The van der Waals surface area contributed by atoms with Crippen LogP contribution >= 0.6 is 0 Å². The van der Waals surface area contributed by atoms with Crippen molar-refractivity contribution in [2.24, 2.45) is 5.73 Å². The van der Waals surface area contributed by atoms with Crippen LogP contribution in [-0.4, -0.2) is 43.7 Å². The second-order valence-corrected chi connectivity index (χ2v) is 6.82. The standard InChI is InChI=1S/C24H25N3O5/c1-30-21-15-17(8-10-19(21)32-16-22(25)28)9-11-23(29)26-13-4-14-31-20-7-2-5-18-6-3-12-27-24(18)20/h2-3,5-12,15H,4,13-14,16H2,1H3,(H2,25,28)(H,26,29)/b11-9+. The maximum atomic E-state index is 12.1. The van der Waals surface area contributed by atoms with E-state index in [0.717, 1.165) is 22.2 Å². The Bertz CT molecular complexity index is 1110. The second-order valence-electron chi connectivity index (χ2n) is 6.82. The maximum Gasteiger partial charge on any atom is 0.255 e. The number of primary amides is 1. The van der Waals surface area contributed by atoms with Crippen LogP contribution < -0.4 is 25.3 Å².